The largest absolute Gasteiger partial charge is 0.493 e. The van der Waals surface area contributed by atoms with E-state index in [4.69, 9.17) is 4.74 Å². The smallest absolute Gasteiger partial charge is 0.255 e. The molecule has 2 aromatic rings. The predicted molar refractivity (Wildman–Crippen MR) is 76.7 cm³/mol. The van der Waals surface area contributed by atoms with E-state index in [-0.39, 0.29) is 5.91 Å². The van der Waals surface area contributed by atoms with E-state index in [0.717, 1.165) is 11.4 Å². The molecule has 1 aromatic carbocycles. The Labute approximate surface area is 118 Å². The second kappa shape index (κ2) is 6.23. The van der Waals surface area contributed by atoms with Gasteiger partial charge >= 0.3 is 0 Å². The molecule has 0 fully saturated rings. The first-order valence-corrected chi connectivity index (χ1v) is 6.61. The number of rotatable bonds is 5. The van der Waals surface area contributed by atoms with Gasteiger partial charge in [0, 0.05) is 7.05 Å². The van der Waals surface area contributed by atoms with Gasteiger partial charge < -0.3 is 10.1 Å². The standard InChI is InChI=1S/C15H19N3O2/c1-4-20-14-8-6-5-7-13(14)15(19)16-10-12-9-11(2)17-18(12)3/h5-9H,4,10H2,1-3H3,(H,16,19). The van der Waals surface area contributed by atoms with Gasteiger partial charge in [0.1, 0.15) is 5.75 Å². The van der Waals surface area contributed by atoms with E-state index in [1.165, 1.54) is 0 Å². The topological polar surface area (TPSA) is 56.1 Å². The van der Waals surface area contributed by atoms with Gasteiger partial charge in [-0.25, -0.2) is 0 Å². The molecule has 2 rings (SSSR count). The van der Waals surface area contributed by atoms with Crippen LogP contribution in [0.25, 0.3) is 0 Å². The number of hydrogen-bond donors (Lipinski definition) is 1. The molecule has 5 heteroatoms. The molecule has 1 aromatic heterocycles. The zero-order valence-corrected chi connectivity index (χ0v) is 12.0. The zero-order valence-electron chi connectivity index (χ0n) is 12.0. The highest BCUT2D eigenvalue weighted by atomic mass is 16.5. The van der Waals surface area contributed by atoms with Crippen molar-refractivity contribution in [2.75, 3.05) is 6.61 Å². The Hall–Kier alpha value is -2.30. The summed E-state index contributed by atoms with van der Waals surface area (Å²) in [6.07, 6.45) is 0. The van der Waals surface area contributed by atoms with Gasteiger partial charge in [-0.05, 0) is 32.0 Å². The van der Waals surface area contributed by atoms with Crippen LogP contribution in [0.2, 0.25) is 0 Å². The van der Waals surface area contributed by atoms with Crippen molar-refractivity contribution < 1.29 is 9.53 Å². The molecule has 1 N–H and O–H groups in total. The molecule has 0 aliphatic carbocycles. The van der Waals surface area contributed by atoms with Crippen LogP contribution < -0.4 is 10.1 Å². The van der Waals surface area contributed by atoms with E-state index in [2.05, 4.69) is 10.4 Å². The van der Waals surface area contributed by atoms with Crippen molar-refractivity contribution >= 4 is 5.91 Å². The molecule has 0 radical (unpaired) electrons. The predicted octanol–water partition coefficient (Wildman–Crippen LogP) is 2.06. The van der Waals surface area contributed by atoms with Gasteiger partial charge in [0.2, 0.25) is 0 Å². The summed E-state index contributed by atoms with van der Waals surface area (Å²) in [6, 6.07) is 9.19. The highest BCUT2D eigenvalue weighted by Gasteiger charge is 2.12. The van der Waals surface area contributed by atoms with Gasteiger partial charge in [-0.3, -0.25) is 9.48 Å². The van der Waals surface area contributed by atoms with Crippen molar-refractivity contribution in [3.8, 4) is 5.75 Å². The van der Waals surface area contributed by atoms with Crippen LogP contribution in [0, 0.1) is 6.92 Å². The molecule has 0 atom stereocenters. The molecule has 0 aliphatic rings. The molecule has 0 spiro atoms. The van der Waals surface area contributed by atoms with Gasteiger partial charge in [-0.1, -0.05) is 12.1 Å². The highest BCUT2D eigenvalue weighted by Crippen LogP contribution is 2.17. The maximum atomic E-state index is 12.2. The van der Waals surface area contributed by atoms with Crippen molar-refractivity contribution in [2.24, 2.45) is 7.05 Å². The van der Waals surface area contributed by atoms with Crippen LogP contribution in [0.15, 0.2) is 30.3 Å². The number of para-hydroxylation sites is 1. The lowest BCUT2D eigenvalue weighted by Gasteiger charge is -2.10. The molecule has 20 heavy (non-hydrogen) atoms. The number of amides is 1. The number of aryl methyl sites for hydroxylation is 2. The molecule has 0 saturated heterocycles. The molecular weight excluding hydrogens is 254 g/mol. The second-order valence-electron chi connectivity index (χ2n) is 4.51. The Morgan fingerprint density at radius 1 is 1.40 bits per heavy atom. The van der Waals surface area contributed by atoms with E-state index in [1.807, 2.05) is 39.1 Å². The number of hydrogen-bond acceptors (Lipinski definition) is 3. The number of carbonyl (C=O) groups excluding carboxylic acids is 1. The average Bonchev–Trinajstić information content (AvgIpc) is 2.75. The number of aromatic nitrogens is 2. The van der Waals surface area contributed by atoms with Crippen LogP contribution in [-0.2, 0) is 13.6 Å². The van der Waals surface area contributed by atoms with Gasteiger partial charge in [0.05, 0.1) is 30.1 Å². The Morgan fingerprint density at radius 2 is 2.15 bits per heavy atom. The summed E-state index contributed by atoms with van der Waals surface area (Å²) in [5.74, 6) is 0.460. The SMILES string of the molecule is CCOc1ccccc1C(=O)NCc1cc(C)nn1C. The lowest BCUT2D eigenvalue weighted by molar-refractivity contribution is 0.0946. The first kappa shape index (κ1) is 14.1. The van der Waals surface area contributed by atoms with Crippen molar-refractivity contribution in [3.05, 3.63) is 47.3 Å². The van der Waals surface area contributed by atoms with Gasteiger partial charge in [-0.2, -0.15) is 5.10 Å². The van der Waals surface area contributed by atoms with E-state index in [9.17, 15) is 4.79 Å². The average molecular weight is 273 g/mol. The lowest BCUT2D eigenvalue weighted by atomic mass is 10.2. The summed E-state index contributed by atoms with van der Waals surface area (Å²) < 4.78 is 7.23. The van der Waals surface area contributed by atoms with Crippen LogP contribution in [0.5, 0.6) is 5.75 Å². The van der Waals surface area contributed by atoms with Crippen molar-refractivity contribution in [3.63, 3.8) is 0 Å². The summed E-state index contributed by atoms with van der Waals surface area (Å²) in [5, 5.41) is 7.14. The van der Waals surface area contributed by atoms with Gasteiger partial charge in [-0.15, -0.1) is 0 Å². The van der Waals surface area contributed by atoms with E-state index < -0.39 is 0 Å². The normalized spacial score (nSPS) is 10.3. The van der Waals surface area contributed by atoms with Crippen LogP contribution in [-0.4, -0.2) is 22.3 Å². The van der Waals surface area contributed by atoms with Crippen molar-refractivity contribution in [2.45, 2.75) is 20.4 Å². The first-order valence-electron chi connectivity index (χ1n) is 6.61. The van der Waals surface area contributed by atoms with Gasteiger partial charge in [0.15, 0.2) is 0 Å². The van der Waals surface area contributed by atoms with Gasteiger partial charge in [0.25, 0.3) is 5.91 Å². The maximum Gasteiger partial charge on any atom is 0.255 e. The van der Waals surface area contributed by atoms with E-state index in [1.54, 1.807) is 16.8 Å². The number of nitrogens with one attached hydrogen (secondary N) is 1. The molecule has 5 nitrogen and oxygen atoms in total. The number of ether oxygens (including phenoxy) is 1. The van der Waals surface area contributed by atoms with Crippen LogP contribution >= 0.6 is 0 Å². The zero-order chi connectivity index (χ0) is 14.5. The fourth-order valence-electron chi connectivity index (χ4n) is 2.03. The Bertz CT molecular complexity index is 605. The van der Waals surface area contributed by atoms with Crippen molar-refractivity contribution in [1.29, 1.82) is 0 Å². The summed E-state index contributed by atoms with van der Waals surface area (Å²) in [4.78, 5) is 12.2. The minimum Gasteiger partial charge on any atom is -0.493 e. The van der Waals surface area contributed by atoms with Crippen LogP contribution in [0.1, 0.15) is 28.7 Å². The Kier molecular flexibility index (Phi) is 4.40. The molecule has 0 saturated carbocycles. The fourth-order valence-corrected chi connectivity index (χ4v) is 2.03. The molecule has 0 unspecified atom stereocenters. The lowest BCUT2D eigenvalue weighted by Crippen LogP contribution is -2.24. The molecule has 1 amide bonds. The quantitative estimate of drug-likeness (QED) is 0.907. The third-order valence-electron chi connectivity index (χ3n) is 2.96. The summed E-state index contributed by atoms with van der Waals surface area (Å²) in [6.45, 7) is 4.80. The molecular formula is C15H19N3O2. The summed E-state index contributed by atoms with van der Waals surface area (Å²) in [5.41, 5.74) is 2.45. The molecule has 0 bridgehead atoms. The Morgan fingerprint density at radius 3 is 2.80 bits per heavy atom. The first-order chi connectivity index (χ1) is 9.61. The summed E-state index contributed by atoms with van der Waals surface area (Å²) in [7, 11) is 1.86. The highest BCUT2D eigenvalue weighted by molar-refractivity contribution is 5.96. The second-order valence-corrected chi connectivity index (χ2v) is 4.51. The molecule has 0 aliphatic heterocycles. The number of benzene rings is 1. The monoisotopic (exact) mass is 273 g/mol. The minimum atomic E-state index is -0.145. The number of carbonyl (C=O) groups is 1. The summed E-state index contributed by atoms with van der Waals surface area (Å²) >= 11 is 0. The van der Waals surface area contributed by atoms with E-state index >= 15 is 0 Å². The van der Waals surface area contributed by atoms with Crippen molar-refractivity contribution in [1.82, 2.24) is 15.1 Å². The van der Waals surface area contributed by atoms with Crippen LogP contribution in [0.4, 0.5) is 0 Å². The number of nitrogens with zero attached hydrogens (tertiary/aromatic N) is 2. The Balaban J connectivity index is 2.07. The minimum absolute atomic E-state index is 0.145. The van der Waals surface area contributed by atoms with E-state index in [0.29, 0.717) is 24.5 Å². The third kappa shape index (κ3) is 3.17. The fraction of sp³-hybridized carbons (Fsp3) is 0.333. The maximum absolute atomic E-state index is 12.2. The third-order valence-corrected chi connectivity index (χ3v) is 2.96. The molecule has 1 heterocycles. The van der Waals surface area contributed by atoms with Crippen LogP contribution in [0.3, 0.4) is 0 Å². The molecule has 106 valence electrons.